The Morgan fingerprint density at radius 1 is 1.22 bits per heavy atom. The molecule has 0 bridgehead atoms. The Hall–Kier alpha value is -2.31. The third kappa shape index (κ3) is 4.01. The first-order valence-corrected chi connectivity index (χ1v) is 10.4. The van der Waals surface area contributed by atoms with Gasteiger partial charge in [-0.05, 0) is 59.3 Å². The van der Waals surface area contributed by atoms with Crippen LogP contribution in [0.1, 0.15) is 12.5 Å². The molecule has 0 atom stereocenters. The van der Waals surface area contributed by atoms with Gasteiger partial charge in [-0.1, -0.05) is 18.2 Å². The number of ether oxygens (including phenoxy) is 1. The van der Waals surface area contributed by atoms with Crippen molar-refractivity contribution in [2.45, 2.75) is 6.92 Å². The molecule has 0 N–H and O–H groups in total. The van der Waals surface area contributed by atoms with Crippen molar-refractivity contribution in [3.63, 3.8) is 0 Å². The van der Waals surface area contributed by atoms with Crippen LogP contribution in [0.5, 0.6) is 5.75 Å². The lowest BCUT2D eigenvalue weighted by molar-refractivity contribution is 0.338. The number of hydrogen-bond donors (Lipinski definition) is 0. The van der Waals surface area contributed by atoms with E-state index in [2.05, 4.69) is 39.3 Å². The van der Waals surface area contributed by atoms with Crippen LogP contribution in [0, 0.1) is 0 Å². The van der Waals surface area contributed by atoms with Crippen molar-refractivity contribution in [2.24, 2.45) is 4.99 Å². The minimum Gasteiger partial charge on any atom is -0.493 e. The summed E-state index contributed by atoms with van der Waals surface area (Å²) in [5.41, 5.74) is 4.05. The maximum absolute atomic E-state index is 5.63. The van der Waals surface area contributed by atoms with Gasteiger partial charge in [-0.2, -0.15) is 5.10 Å². The second kappa shape index (κ2) is 8.15. The van der Waals surface area contributed by atoms with E-state index >= 15 is 0 Å². The van der Waals surface area contributed by atoms with Gasteiger partial charge in [-0.15, -0.1) is 11.8 Å². The standard InChI is InChI=1S/C21H18BrN3OS/c1-2-26-20-9-8-15(11-19(20)22)21-16(10-18-12-23-14-27-18)13-25(24-21)17-6-4-3-5-7-17/h3-13H,2,14H2,1H3. The SMILES string of the molecule is CCOc1ccc(-c2nn(-c3ccccc3)cc2C=C2C=NCS2)cc1Br. The monoisotopic (exact) mass is 439 g/mol. The second-order valence-corrected chi connectivity index (χ2v) is 7.80. The second-order valence-electron chi connectivity index (χ2n) is 5.92. The fourth-order valence-electron chi connectivity index (χ4n) is 2.86. The van der Waals surface area contributed by atoms with Crippen molar-refractivity contribution in [1.29, 1.82) is 0 Å². The quantitative estimate of drug-likeness (QED) is 0.502. The molecule has 2 heterocycles. The number of aromatic nitrogens is 2. The molecule has 0 amide bonds. The highest BCUT2D eigenvalue weighted by molar-refractivity contribution is 9.10. The molecule has 4 rings (SSSR count). The number of thioether (sulfide) groups is 1. The molecule has 136 valence electrons. The number of benzene rings is 2. The third-order valence-electron chi connectivity index (χ3n) is 4.09. The van der Waals surface area contributed by atoms with Crippen molar-refractivity contribution < 1.29 is 4.74 Å². The van der Waals surface area contributed by atoms with Crippen LogP contribution in [0.4, 0.5) is 0 Å². The first-order chi connectivity index (χ1) is 13.2. The molecule has 0 unspecified atom stereocenters. The predicted molar refractivity (Wildman–Crippen MR) is 117 cm³/mol. The molecule has 0 spiro atoms. The van der Waals surface area contributed by atoms with Crippen LogP contribution >= 0.6 is 27.7 Å². The van der Waals surface area contributed by atoms with Gasteiger partial charge in [0.25, 0.3) is 0 Å². The smallest absolute Gasteiger partial charge is 0.133 e. The van der Waals surface area contributed by atoms with Gasteiger partial charge in [0.15, 0.2) is 0 Å². The zero-order valence-corrected chi connectivity index (χ0v) is 17.2. The van der Waals surface area contributed by atoms with Crippen molar-refractivity contribution in [3.05, 3.63) is 69.7 Å². The van der Waals surface area contributed by atoms with Crippen LogP contribution in [0.2, 0.25) is 0 Å². The first kappa shape index (κ1) is 18.1. The lowest BCUT2D eigenvalue weighted by Crippen LogP contribution is -1.95. The Balaban J connectivity index is 1.80. The van der Waals surface area contributed by atoms with E-state index in [1.165, 1.54) is 0 Å². The van der Waals surface area contributed by atoms with Gasteiger partial charge in [-0.3, -0.25) is 4.99 Å². The molecule has 4 nitrogen and oxygen atoms in total. The summed E-state index contributed by atoms with van der Waals surface area (Å²) in [6.07, 6.45) is 6.13. The van der Waals surface area contributed by atoms with E-state index < -0.39 is 0 Å². The molecular formula is C21H18BrN3OS. The molecule has 0 saturated carbocycles. The minimum absolute atomic E-state index is 0.633. The molecule has 2 aromatic carbocycles. The maximum atomic E-state index is 5.63. The number of halogens is 1. The highest BCUT2D eigenvalue weighted by Gasteiger charge is 2.14. The predicted octanol–water partition coefficient (Wildman–Crippen LogP) is 5.82. The van der Waals surface area contributed by atoms with Crippen LogP contribution in [0.25, 0.3) is 23.0 Å². The van der Waals surface area contributed by atoms with Crippen LogP contribution in [-0.2, 0) is 0 Å². The number of hydrogen-bond acceptors (Lipinski definition) is 4. The largest absolute Gasteiger partial charge is 0.493 e. The Labute approximate surface area is 171 Å². The Morgan fingerprint density at radius 2 is 2.07 bits per heavy atom. The van der Waals surface area contributed by atoms with Crippen molar-refractivity contribution in [1.82, 2.24) is 9.78 Å². The summed E-state index contributed by atoms with van der Waals surface area (Å²) in [5, 5.41) is 4.87. The molecule has 3 aromatic rings. The molecule has 6 heteroatoms. The molecule has 0 aliphatic carbocycles. The summed E-state index contributed by atoms with van der Waals surface area (Å²) in [6.45, 7) is 2.61. The number of aliphatic imine (C=N–C) groups is 1. The van der Waals surface area contributed by atoms with E-state index in [0.29, 0.717) is 6.61 Å². The topological polar surface area (TPSA) is 39.4 Å². The van der Waals surface area contributed by atoms with Crippen molar-refractivity contribution in [2.75, 3.05) is 12.5 Å². The van der Waals surface area contributed by atoms with E-state index in [1.54, 1.807) is 11.8 Å². The summed E-state index contributed by atoms with van der Waals surface area (Å²) in [4.78, 5) is 5.44. The fraction of sp³-hybridized carbons (Fsp3) is 0.143. The number of allylic oxidation sites excluding steroid dienone is 1. The van der Waals surface area contributed by atoms with Crippen LogP contribution < -0.4 is 4.74 Å². The number of para-hydroxylation sites is 1. The first-order valence-electron chi connectivity index (χ1n) is 8.66. The molecule has 0 fully saturated rings. The molecule has 1 aromatic heterocycles. The summed E-state index contributed by atoms with van der Waals surface area (Å²) < 4.78 is 8.48. The summed E-state index contributed by atoms with van der Waals surface area (Å²) >= 11 is 5.34. The maximum Gasteiger partial charge on any atom is 0.133 e. The Kier molecular flexibility index (Phi) is 5.45. The average Bonchev–Trinajstić information content (AvgIpc) is 3.35. The van der Waals surface area contributed by atoms with Gasteiger partial charge in [0.2, 0.25) is 0 Å². The lowest BCUT2D eigenvalue weighted by atomic mass is 10.1. The molecular weight excluding hydrogens is 422 g/mol. The van der Waals surface area contributed by atoms with Gasteiger partial charge in [0.05, 0.1) is 22.6 Å². The highest BCUT2D eigenvalue weighted by atomic mass is 79.9. The van der Waals surface area contributed by atoms with Crippen molar-refractivity contribution in [3.8, 4) is 22.7 Å². The molecule has 1 aliphatic heterocycles. The van der Waals surface area contributed by atoms with E-state index in [-0.39, 0.29) is 0 Å². The zero-order valence-electron chi connectivity index (χ0n) is 14.8. The van der Waals surface area contributed by atoms with E-state index in [1.807, 2.05) is 60.3 Å². The molecule has 1 aliphatic rings. The molecule has 0 radical (unpaired) electrons. The van der Waals surface area contributed by atoms with Gasteiger partial charge < -0.3 is 4.74 Å². The minimum atomic E-state index is 0.633. The van der Waals surface area contributed by atoms with Gasteiger partial charge in [-0.25, -0.2) is 4.68 Å². The van der Waals surface area contributed by atoms with Gasteiger partial charge in [0.1, 0.15) is 11.4 Å². The number of rotatable bonds is 5. The summed E-state index contributed by atoms with van der Waals surface area (Å²) in [5.74, 6) is 1.62. The average molecular weight is 440 g/mol. The third-order valence-corrected chi connectivity index (χ3v) is 5.54. The molecule has 27 heavy (non-hydrogen) atoms. The Morgan fingerprint density at radius 3 is 2.78 bits per heavy atom. The molecule has 0 saturated heterocycles. The fourth-order valence-corrected chi connectivity index (χ4v) is 4.01. The van der Waals surface area contributed by atoms with E-state index in [0.717, 1.165) is 43.5 Å². The van der Waals surface area contributed by atoms with Crippen molar-refractivity contribution >= 4 is 40.0 Å². The highest BCUT2D eigenvalue weighted by Crippen LogP contribution is 2.34. The van der Waals surface area contributed by atoms with E-state index in [9.17, 15) is 0 Å². The lowest BCUT2D eigenvalue weighted by Gasteiger charge is -2.07. The van der Waals surface area contributed by atoms with Crippen LogP contribution in [-0.4, -0.2) is 28.5 Å². The number of nitrogens with zero attached hydrogens (tertiary/aromatic N) is 3. The Bertz CT molecular complexity index is 1010. The summed E-state index contributed by atoms with van der Waals surface area (Å²) in [7, 11) is 0. The zero-order chi connectivity index (χ0) is 18.6. The van der Waals surface area contributed by atoms with Crippen LogP contribution in [0.15, 0.2) is 69.1 Å². The summed E-state index contributed by atoms with van der Waals surface area (Å²) in [6, 6.07) is 16.2. The van der Waals surface area contributed by atoms with Gasteiger partial charge in [0, 0.05) is 28.4 Å². The van der Waals surface area contributed by atoms with Crippen LogP contribution in [0.3, 0.4) is 0 Å². The van der Waals surface area contributed by atoms with E-state index in [4.69, 9.17) is 9.84 Å². The van der Waals surface area contributed by atoms with Gasteiger partial charge >= 0.3 is 0 Å². The normalized spacial score (nSPS) is 14.8.